The van der Waals surface area contributed by atoms with E-state index in [4.69, 9.17) is 19.3 Å². The average Bonchev–Trinajstić information content (AvgIpc) is 3.35. The van der Waals surface area contributed by atoms with E-state index in [1.54, 1.807) is 12.1 Å². The van der Waals surface area contributed by atoms with Crippen molar-refractivity contribution in [3.8, 4) is 17.2 Å². The lowest BCUT2D eigenvalue weighted by atomic mass is 10.1. The molecule has 1 aliphatic carbocycles. The highest BCUT2D eigenvalue weighted by Crippen LogP contribution is 2.38. The predicted octanol–water partition coefficient (Wildman–Crippen LogP) is 1.33. The molecule has 0 unspecified atom stereocenters. The molecule has 0 atom stereocenters. The van der Waals surface area contributed by atoms with Crippen molar-refractivity contribution >= 4 is 11.9 Å². The summed E-state index contributed by atoms with van der Waals surface area (Å²) in [6.07, 6.45) is 1.79. The third-order valence-corrected chi connectivity index (χ3v) is 3.69. The Balaban J connectivity index is 2.21. The molecule has 23 heavy (non-hydrogen) atoms. The van der Waals surface area contributed by atoms with Crippen LogP contribution in [-0.4, -0.2) is 55.8 Å². The molecule has 1 N–H and O–H groups in total. The normalized spacial score (nSPS) is 13.3. The summed E-state index contributed by atoms with van der Waals surface area (Å²) >= 11 is 0. The SMILES string of the molecule is COc1cc(CC(=O)N(CC(=O)O)C2CC2)cc(OC)c1OC. The highest BCUT2D eigenvalue weighted by atomic mass is 16.5. The van der Waals surface area contributed by atoms with Crippen LogP contribution in [0.4, 0.5) is 0 Å². The monoisotopic (exact) mass is 323 g/mol. The number of carboxylic acids is 1. The number of benzene rings is 1. The number of carboxylic acid groups (broad SMARTS) is 1. The van der Waals surface area contributed by atoms with Gasteiger partial charge >= 0.3 is 5.97 Å². The van der Waals surface area contributed by atoms with Gasteiger partial charge in [-0.05, 0) is 30.5 Å². The van der Waals surface area contributed by atoms with Gasteiger partial charge in [-0.3, -0.25) is 9.59 Å². The molecule has 0 aromatic heterocycles. The molecule has 1 fully saturated rings. The minimum atomic E-state index is -1.00. The summed E-state index contributed by atoms with van der Waals surface area (Å²) in [5.74, 6) is 0.159. The maximum Gasteiger partial charge on any atom is 0.323 e. The molecule has 7 nitrogen and oxygen atoms in total. The van der Waals surface area contributed by atoms with Gasteiger partial charge in [0.2, 0.25) is 11.7 Å². The largest absolute Gasteiger partial charge is 0.493 e. The molecule has 1 aromatic rings. The van der Waals surface area contributed by atoms with E-state index >= 15 is 0 Å². The number of aliphatic carboxylic acids is 1. The van der Waals surface area contributed by atoms with E-state index in [0.717, 1.165) is 12.8 Å². The van der Waals surface area contributed by atoms with Crippen LogP contribution >= 0.6 is 0 Å². The number of carbonyl (C=O) groups is 2. The first kappa shape index (κ1) is 16.9. The first-order valence-corrected chi connectivity index (χ1v) is 7.30. The fourth-order valence-electron chi connectivity index (χ4n) is 2.47. The van der Waals surface area contributed by atoms with Gasteiger partial charge in [-0.1, -0.05) is 0 Å². The summed E-state index contributed by atoms with van der Waals surface area (Å²) < 4.78 is 15.8. The van der Waals surface area contributed by atoms with Crippen molar-refractivity contribution < 1.29 is 28.9 Å². The van der Waals surface area contributed by atoms with Crippen LogP contribution in [0.5, 0.6) is 17.2 Å². The molecular formula is C16H21NO6. The van der Waals surface area contributed by atoms with E-state index < -0.39 is 5.97 Å². The highest BCUT2D eigenvalue weighted by Gasteiger charge is 2.33. The van der Waals surface area contributed by atoms with Crippen LogP contribution in [-0.2, 0) is 16.0 Å². The minimum Gasteiger partial charge on any atom is -0.493 e. The fourth-order valence-corrected chi connectivity index (χ4v) is 2.47. The number of amides is 1. The topological polar surface area (TPSA) is 85.3 Å². The number of hydrogen-bond acceptors (Lipinski definition) is 5. The Morgan fingerprint density at radius 3 is 2.09 bits per heavy atom. The molecule has 1 amide bonds. The summed E-state index contributed by atoms with van der Waals surface area (Å²) in [5.41, 5.74) is 0.681. The van der Waals surface area contributed by atoms with Crippen LogP contribution in [0.25, 0.3) is 0 Å². The molecule has 0 heterocycles. The van der Waals surface area contributed by atoms with Crippen molar-refractivity contribution in [3.63, 3.8) is 0 Å². The predicted molar refractivity (Wildman–Crippen MR) is 82.2 cm³/mol. The molecule has 126 valence electrons. The first-order valence-electron chi connectivity index (χ1n) is 7.30. The number of ether oxygens (including phenoxy) is 3. The molecule has 2 rings (SSSR count). The number of rotatable bonds is 8. The molecule has 0 radical (unpaired) electrons. The quantitative estimate of drug-likeness (QED) is 0.777. The second-order valence-corrected chi connectivity index (χ2v) is 5.36. The van der Waals surface area contributed by atoms with Crippen molar-refractivity contribution in [2.75, 3.05) is 27.9 Å². The number of hydrogen-bond donors (Lipinski definition) is 1. The number of methoxy groups -OCH3 is 3. The van der Waals surface area contributed by atoms with E-state index in [0.29, 0.717) is 22.8 Å². The van der Waals surface area contributed by atoms with Crippen LogP contribution in [0.15, 0.2) is 12.1 Å². The van der Waals surface area contributed by atoms with Gasteiger partial charge in [-0.15, -0.1) is 0 Å². The Hall–Kier alpha value is -2.44. The third kappa shape index (κ3) is 4.06. The molecule has 1 aromatic carbocycles. The van der Waals surface area contributed by atoms with Gasteiger partial charge in [0, 0.05) is 6.04 Å². The summed E-state index contributed by atoms with van der Waals surface area (Å²) in [4.78, 5) is 24.8. The van der Waals surface area contributed by atoms with Gasteiger partial charge in [0.25, 0.3) is 0 Å². The summed E-state index contributed by atoms with van der Waals surface area (Å²) in [6, 6.07) is 3.44. The van der Waals surface area contributed by atoms with Crippen molar-refractivity contribution in [1.82, 2.24) is 4.90 Å². The third-order valence-electron chi connectivity index (χ3n) is 3.69. The van der Waals surface area contributed by atoms with Crippen molar-refractivity contribution in [3.05, 3.63) is 17.7 Å². The lowest BCUT2D eigenvalue weighted by Gasteiger charge is -2.21. The summed E-state index contributed by atoms with van der Waals surface area (Å²) in [7, 11) is 4.51. The molecule has 0 aliphatic heterocycles. The Bertz CT molecular complexity index is 571. The Kier molecular flexibility index (Phi) is 5.31. The zero-order valence-corrected chi connectivity index (χ0v) is 13.5. The molecule has 7 heteroatoms. The van der Waals surface area contributed by atoms with Crippen molar-refractivity contribution in [2.24, 2.45) is 0 Å². The Morgan fingerprint density at radius 1 is 1.13 bits per heavy atom. The zero-order valence-electron chi connectivity index (χ0n) is 13.5. The van der Waals surface area contributed by atoms with Crippen LogP contribution in [0, 0.1) is 0 Å². The second-order valence-electron chi connectivity index (χ2n) is 5.36. The van der Waals surface area contributed by atoms with E-state index in [9.17, 15) is 9.59 Å². The minimum absolute atomic E-state index is 0.0423. The molecule has 0 saturated heterocycles. The fraction of sp³-hybridized carbons (Fsp3) is 0.500. The number of nitrogens with zero attached hydrogens (tertiary/aromatic N) is 1. The molecule has 0 spiro atoms. The molecule has 0 bridgehead atoms. The average molecular weight is 323 g/mol. The maximum absolute atomic E-state index is 12.4. The molecular weight excluding hydrogens is 302 g/mol. The Morgan fingerprint density at radius 2 is 1.70 bits per heavy atom. The van der Waals surface area contributed by atoms with Gasteiger partial charge in [0.1, 0.15) is 6.54 Å². The van der Waals surface area contributed by atoms with Crippen molar-refractivity contribution in [1.29, 1.82) is 0 Å². The molecule has 1 aliphatic rings. The first-order chi connectivity index (χ1) is 11.0. The van der Waals surface area contributed by atoms with Crippen molar-refractivity contribution in [2.45, 2.75) is 25.3 Å². The van der Waals surface area contributed by atoms with Crippen LogP contribution in [0.3, 0.4) is 0 Å². The summed E-state index contributed by atoms with van der Waals surface area (Å²) in [5, 5.41) is 8.96. The highest BCUT2D eigenvalue weighted by molar-refractivity contribution is 5.84. The lowest BCUT2D eigenvalue weighted by molar-refractivity contribution is -0.144. The van der Waals surface area contributed by atoms with Gasteiger partial charge in [0.15, 0.2) is 11.5 Å². The zero-order chi connectivity index (χ0) is 17.0. The standard InChI is InChI=1S/C16H21NO6/c1-21-12-6-10(7-13(22-2)16(12)23-3)8-14(18)17(9-15(19)20)11-4-5-11/h6-7,11H,4-5,8-9H2,1-3H3,(H,19,20). The van der Waals surface area contributed by atoms with Gasteiger partial charge < -0.3 is 24.2 Å². The van der Waals surface area contributed by atoms with Crippen LogP contribution < -0.4 is 14.2 Å². The smallest absolute Gasteiger partial charge is 0.323 e. The van der Waals surface area contributed by atoms with E-state index in [2.05, 4.69) is 0 Å². The summed E-state index contributed by atoms with van der Waals surface area (Å²) in [6.45, 7) is -0.270. The van der Waals surface area contributed by atoms with E-state index in [1.165, 1.54) is 26.2 Å². The second kappa shape index (κ2) is 7.21. The Labute approximate surface area is 134 Å². The molecule has 1 saturated carbocycles. The van der Waals surface area contributed by atoms with Gasteiger partial charge in [-0.2, -0.15) is 0 Å². The van der Waals surface area contributed by atoms with Crippen LogP contribution in [0.1, 0.15) is 18.4 Å². The van der Waals surface area contributed by atoms with E-state index in [-0.39, 0.29) is 24.9 Å². The van der Waals surface area contributed by atoms with Gasteiger partial charge in [-0.25, -0.2) is 0 Å². The van der Waals surface area contributed by atoms with Gasteiger partial charge in [0.05, 0.1) is 27.8 Å². The maximum atomic E-state index is 12.4. The number of carbonyl (C=O) groups excluding carboxylic acids is 1. The lowest BCUT2D eigenvalue weighted by Crippen LogP contribution is -2.38. The van der Waals surface area contributed by atoms with Crippen LogP contribution in [0.2, 0.25) is 0 Å². The van der Waals surface area contributed by atoms with E-state index in [1.807, 2.05) is 0 Å².